The smallest absolute Gasteiger partial charge is 0.0454 e. The number of rotatable bonds is 5. The number of benzene rings is 2. The van der Waals surface area contributed by atoms with Crippen LogP contribution in [0.1, 0.15) is 24.1 Å². The second-order valence-corrected chi connectivity index (χ2v) is 6.51. The first-order chi connectivity index (χ1) is 9.97. The van der Waals surface area contributed by atoms with Gasteiger partial charge in [-0.2, -0.15) is 0 Å². The summed E-state index contributed by atoms with van der Waals surface area (Å²) in [5, 5.41) is 6.16. The molecular formula is C16H15Cl4N. The minimum atomic E-state index is 0.113. The van der Waals surface area contributed by atoms with Gasteiger partial charge in [0, 0.05) is 26.1 Å². The monoisotopic (exact) mass is 361 g/mol. The molecule has 0 aliphatic carbocycles. The summed E-state index contributed by atoms with van der Waals surface area (Å²) in [6.07, 6.45) is 0.818. The Labute approximate surface area is 145 Å². The second-order valence-electron chi connectivity index (χ2n) is 4.83. The van der Waals surface area contributed by atoms with Gasteiger partial charge in [-0.15, -0.1) is 0 Å². The number of hydrogen-bond acceptors (Lipinski definition) is 1. The molecule has 0 spiro atoms. The van der Waals surface area contributed by atoms with Gasteiger partial charge in [0.2, 0.25) is 0 Å². The summed E-state index contributed by atoms with van der Waals surface area (Å²) < 4.78 is 0. The summed E-state index contributed by atoms with van der Waals surface area (Å²) in [7, 11) is 0. The average Bonchev–Trinajstić information content (AvgIpc) is 2.43. The van der Waals surface area contributed by atoms with E-state index in [1.165, 1.54) is 0 Å². The van der Waals surface area contributed by atoms with Crippen molar-refractivity contribution in [3.05, 3.63) is 67.6 Å². The Balaban J connectivity index is 1.95. The van der Waals surface area contributed by atoms with Gasteiger partial charge in [-0.25, -0.2) is 0 Å². The predicted octanol–water partition coefficient (Wildman–Crippen LogP) is 6.19. The maximum absolute atomic E-state index is 6.20. The average molecular weight is 363 g/mol. The summed E-state index contributed by atoms with van der Waals surface area (Å²) in [6.45, 7) is 2.84. The molecule has 112 valence electrons. The third-order valence-corrected chi connectivity index (χ3v) is 4.45. The first-order valence-corrected chi connectivity index (χ1v) is 8.11. The Morgan fingerprint density at radius 1 is 0.905 bits per heavy atom. The highest BCUT2D eigenvalue weighted by atomic mass is 35.5. The highest BCUT2D eigenvalue weighted by Gasteiger charge is 2.10. The highest BCUT2D eigenvalue weighted by molar-refractivity contribution is 6.35. The molecule has 2 aromatic carbocycles. The van der Waals surface area contributed by atoms with Gasteiger partial charge in [0.05, 0.1) is 0 Å². The zero-order chi connectivity index (χ0) is 15.4. The summed E-state index contributed by atoms with van der Waals surface area (Å²) in [5.41, 5.74) is 2.06. The van der Waals surface area contributed by atoms with Crippen LogP contribution in [0.25, 0.3) is 0 Å². The normalized spacial score (nSPS) is 12.4. The van der Waals surface area contributed by atoms with E-state index in [0.29, 0.717) is 20.1 Å². The van der Waals surface area contributed by atoms with Gasteiger partial charge in [-0.3, -0.25) is 0 Å². The quantitative estimate of drug-likeness (QED) is 0.668. The Morgan fingerprint density at radius 3 is 2.29 bits per heavy atom. The van der Waals surface area contributed by atoms with Gasteiger partial charge in [0.15, 0.2) is 0 Å². The van der Waals surface area contributed by atoms with Crippen molar-refractivity contribution in [2.75, 3.05) is 6.54 Å². The zero-order valence-corrected chi connectivity index (χ0v) is 14.5. The SMILES string of the molecule is CC(NCCc1ccc(Cl)cc1Cl)c1cc(Cl)ccc1Cl. The van der Waals surface area contributed by atoms with Crippen molar-refractivity contribution in [2.24, 2.45) is 0 Å². The lowest BCUT2D eigenvalue weighted by Crippen LogP contribution is -2.21. The molecule has 1 N–H and O–H groups in total. The minimum Gasteiger partial charge on any atom is -0.310 e. The van der Waals surface area contributed by atoms with E-state index in [0.717, 1.165) is 24.1 Å². The molecule has 2 aromatic rings. The molecule has 0 fully saturated rings. The van der Waals surface area contributed by atoms with Gasteiger partial charge in [0.1, 0.15) is 0 Å². The maximum Gasteiger partial charge on any atom is 0.0454 e. The van der Waals surface area contributed by atoms with Crippen LogP contribution in [0.5, 0.6) is 0 Å². The van der Waals surface area contributed by atoms with Crippen LogP contribution in [0.3, 0.4) is 0 Å². The fraction of sp³-hybridized carbons (Fsp3) is 0.250. The Morgan fingerprint density at radius 2 is 1.57 bits per heavy atom. The van der Waals surface area contributed by atoms with Crippen LogP contribution in [0.15, 0.2) is 36.4 Å². The standard InChI is InChI=1S/C16H15Cl4N/c1-10(14-8-12(17)4-5-15(14)19)21-7-6-11-2-3-13(18)9-16(11)20/h2-5,8-10,21H,6-7H2,1H3. The minimum absolute atomic E-state index is 0.113. The molecule has 1 unspecified atom stereocenters. The van der Waals surface area contributed by atoms with Crippen LogP contribution in [0.4, 0.5) is 0 Å². The first kappa shape index (κ1) is 16.9. The molecule has 0 aliphatic rings. The van der Waals surface area contributed by atoms with Gasteiger partial charge in [-0.05, 0) is 61.3 Å². The van der Waals surface area contributed by atoms with Crippen LogP contribution >= 0.6 is 46.4 Å². The van der Waals surface area contributed by atoms with Crippen molar-refractivity contribution in [3.63, 3.8) is 0 Å². The van der Waals surface area contributed by atoms with E-state index >= 15 is 0 Å². The Bertz CT molecular complexity index is 628. The molecule has 0 saturated heterocycles. The molecular weight excluding hydrogens is 348 g/mol. The number of halogens is 4. The summed E-state index contributed by atoms with van der Waals surface area (Å²) in [6, 6.07) is 11.2. The van der Waals surface area contributed by atoms with Crippen LogP contribution in [-0.4, -0.2) is 6.54 Å². The van der Waals surface area contributed by atoms with E-state index in [1.807, 2.05) is 24.3 Å². The lowest BCUT2D eigenvalue weighted by molar-refractivity contribution is 0.577. The molecule has 2 rings (SSSR count). The fourth-order valence-electron chi connectivity index (χ4n) is 2.10. The molecule has 0 amide bonds. The maximum atomic E-state index is 6.20. The third-order valence-electron chi connectivity index (χ3n) is 3.28. The fourth-order valence-corrected chi connectivity index (χ4v) is 3.07. The molecule has 0 bridgehead atoms. The number of nitrogens with one attached hydrogen (secondary N) is 1. The second kappa shape index (κ2) is 7.71. The van der Waals surface area contributed by atoms with Crippen molar-refractivity contribution in [1.82, 2.24) is 5.32 Å². The van der Waals surface area contributed by atoms with Crippen molar-refractivity contribution in [1.29, 1.82) is 0 Å². The van der Waals surface area contributed by atoms with Crippen molar-refractivity contribution in [2.45, 2.75) is 19.4 Å². The Hall–Kier alpha value is -0.440. The van der Waals surface area contributed by atoms with Crippen molar-refractivity contribution >= 4 is 46.4 Å². The molecule has 0 heterocycles. The first-order valence-electron chi connectivity index (χ1n) is 6.59. The largest absolute Gasteiger partial charge is 0.310 e. The lowest BCUT2D eigenvalue weighted by Gasteiger charge is -2.16. The highest BCUT2D eigenvalue weighted by Crippen LogP contribution is 2.26. The predicted molar refractivity (Wildman–Crippen MR) is 93.0 cm³/mol. The molecule has 0 aromatic heterocycles. The van der Waals surface area contributed by atoms with Gasteiger partial charge in [0.25, 0.3) is 0 Å². The van der Waals surface area contributed by atoms with E-state index in [9.17, 15) is 0 Å². The van der Waals surface area contributed by atoms with E-state index < -0.39 is 0 Å². The van der Waals surface area contributed by atoms with Crippen LogP contribution in [-0.2, 0) is 6.42 Å². The van der Waals surface area contributed by atoms with Gasteiger partial charge >= 0.3 is 0 Å². The Kier molecular flexibility index (Phi) is 6.21. The van der Waals surface area contributed by atoms with Crippen molar-refractivity contribution < 1.29 is 0 Å². The zero-order valence-electron chi connectivity index (χ0n) is 11.5. The van der Waals surface area contributed by atoms with E-state index in [4.69, 9.17) is 46.4 Å². The molecule has 0 aliphatic heterocycles. The lowest BCUT2D eigenvalue weighted by atomic mass is 10.1. The van der Waals surface area contributed by atoms with Crippen LogP contribution in [0.2, 0.25) is 20.1 Å². The molecule has 5 heteroatoms. The topological polar surface area (TPSA) is 12.0 Å². The molecule has 21 heavy (non-hydrogen) atoms. The third kappa shape index (κ3) is 4.77. The van der Waals surface area contributed by atoms with Gasteiger partial charge < -0.3 is 5.32 Å². The van der Waals surface area contributed by atoms with E-state index in [1.54, 1.807) is 12.1 Å². The van der Waals surface area contributed by atoms with Gasteiger partial charge in [-0.1, -0.05) is 52.5 Å². The van der Waals surface area contributed by atoms with E-state index in [2.05, 4.69) is 12.2 Å². The molecule has 1 nitrogen and oxygen atoms in total. The van der Waals surface area contributed by atoms with Crippen molar-refractivity contribution in [3.8, 4) is 0 Å². The molecule has 1 atom stereocenters. The summed E-state index contributed by atoms with van der Waals surface area (Å²) in [4.78, 5) is 0. The molecule has 0 radical (unpaired) electrons. The summed E-state index contributed by atoms with van der Waals surface area (Å²) in [5.74, 6) is 0. The molecule has 0 saturated carbocycles. The summed E-state index contributed by atoms with van der Waals surface area (Å²) >= 11 is 24.2. The van der Waals surface area contributed by atoms with E-state index in [-0.39, 0.29) is 6.04 Å². The number of hydrogen-bond donors (Lipinski definition) is 1. The van der Waals surface area contributed by atoms with Crippen LogP contribution in [0, 0.1) is 0 Å². The van der Waals surface area contributed by atoms with Crippen LogP contribution < -0.4 is 5.32 Å².